The Balaban J connectivity index is 2.45. The smallest absolute Gasteiger partial charge is 0.172 e. The van der Waals surface area contributed by atoms with E-state index in [1.807, 2.05) is 13.1 Å². The molecule has 0 spiro atoms. The normalized spacial score (nSPS) is 14.6. The topological polar surface area (TPSA) is 17.4 Å². The van der Waals surface area contributed by atoms with Crippen LogP contribution in [0.2, 0.25) is 0 Å². The molecule has 3 rings (SSSR count). The van der Waals surface area contributed by atoms with E-state index in [1.54, 1.807) is 0 Å². The van der Waals surface area contributed by atoms with Gasteiger partial charge in [0.05, 0.1) is 5.52 Å². The zero-order valence-electron chi connectivity index (χ0n) is 8.32. The lowest BCUT2D eigenvalue weighted by Crippen LogP contribution is -2.18. The number of benzene rings is 1. The van der Waals surface area contributed by atoms with Gasteiger partial charge in [-0.3, -0.25) is 0 Å². The van der Waals surface area contributed by atoms with E-state index in [2.05, 4.69) is 34.7 Å². The predicted octanol–water partition coefficient (Wildman–Crippen LogP) is 1.96. The Kier molecular flexibility index (Phi) is 1.35. The Bertz CT molecular complexity index is 501. The molecule has 3 nitrogen and oxygen atoms in total. The van der Waals surface area contributed by atoms with Crippen LogP contribution in [0.5, 0.6) is 5.75 Å². The second-order valence-electron chi connectivity index (χ2n) is 3.70. The van der Waals surface area contributed by atoms with Gasteiger partial charge in [0.2, 0.25) is 0 Å². The fourth-order valence-corrected chi connectivity index (χ4v) is 2.14. The molecular formula is C11H12N2O. The minimum absolute atomic E-state index is 0.656. The molecule has 0 radical (unpaired) electrons. The van der Waals surface area contributed by atoms with Gasteiger partial charge < -0.3 is 14.2 Å². The van der Waals surface area contributed by atoms with Gasteiger partial charge in [-0.2, -0.15) is 0 Å². The lowest BCUT2D eigenvalue weighted by molar-refractivity contribution is 0.356. The van der Waals surface area contributed by atoms with Crippen molar-refractivity contribution in [2.24, 2.45) is 7.05 Å². The van der Waals surface area contributed by atoms with Crippen molar-refractivity contribution >= 4 is 16.7 Å². The highest BCUT2D eigenvalue weighted by Crippen LogP contribution is 2.41. The maximum Gasteiger partial charge on any atom is 0.172 e. The molecule has 0 aliphatic carbocycles. The monoisotopic (exact) mass is 188 g/mol. The molecule has 0 unspecified atom stereocenters. The lowest BCUT2D eigenvalue weighted by Gasteiger charge is -2.10. The first kappa shape index (κ1) is 7.74. The summed E-state index contributed by atoms with van der Waals surface area (Å²) < 4.78 is 7.83. The number of hydrogen-bond acceptors (Lipinski definition) is 2. The van der Waals surface area contributed by atoms with E-state index in [1.165, 1.54) is 16.7 Å². The summed E-state index contributed by atoms with van der Waals surface area (Å²) in [6.07, 6.45) is 0. The van der Waals surface area contributed by atoms with Crippen LogP contribution in [0.1, 0.15) is 0 Å². The summed E-state index contributed by atoms with van der Waals surface area (Å²) in [5, 5.41) is 1.20. The van der Waals surface area contributed by atoms with E-state index in [9.17, 15) is 0 Å². The Morgan fingerprint density at radius 1 is 1.21 bits per heavy atom. The molecule has 2 aromatic rings. The van der Waals surface area contributed by atoms with Gasteiger partial charge in [-0.1, -0.05) is 12.1 Å². The van der Waals surface area contributed by atoms with Crippen molar-refractivity contribution in [2.75, 3.05) is 18.7 Å². The second kappa shape index (κ2) is 2.44. The molecule has 0 saturated carbocycles. The molecule has 72 valence electrons. The predicted molar refractivity (Wildman–Crippen MR) is 56.8 cm³/mol. The summed E-state index contributed by atoms with van der Waals surface area (Å²) >= 11 is 0. The van der Waals surface area contributed by atoms with Crippen LogP contribution in [0.25, 0.3) is 10.9 Å². The number of aryl methyl sites for hydroxylation is 1. The van der Waals surface area contributed by atoms with Crippen LogP contribution >= 0.6 is 0 Å². The first-order valence-corrected chi connectivity index (χ1v) is 4.70. The van der Waals surface area contributed by atoms with Gasteiger partial charge in [0, 0.05) is 19.5 Å². The van der Waals surface area contributed by atoms with E-state index in [4.69, 9.17) is 4.74 Å². The molecule has 0 amide bonds. The van der Waals surface area contributed by atoms with Gasteiger partial charge >= 0.3 is 0 Å². The number of aromatic nitrogens is 1. The van der Waals surface area contributed by atoms with Gasteiger partial charge in [-0.25, -0.2) is 0 Å². The maximum atomic E-state index is 5.65. The van der Waals surface area contributed by atoms with E-state index in [0.717, 1.165) is 5.75 Å². The third kappa shape index (κ3) is 0.769. The highest BCUT2D eigenvalue weighted by molar-refractivity contribution is 5.94. The third-order valence-electron chi connectivity index (χ3n) is 2.79. The van der Waals surface area contributed by atoms with Crippen molar-refractivity contribution in [2.45, 2.75) is 0 Å². The molecule has 3 heteroatoms. The average Bonchev–Trinajstić information content (AvgIpc) is 2.70. The van der Waals surface area contributed by atoms with Crippen LogP contribution in [0.3, 0.4) is 0 Å². The molecule has 1 aliphatic heterocycles. The summed E-state index contributed by atoms with van der Waals surface area (Å²) in [5.74, 6) is 2.19. The molecule has 1 aromatic carbocycles. The van der Waals surface area contributed by atoms with Gasteiger partial charge in [-0.15, -0.1) is 0 Å². The molecule has 0 bridgehead atoms. The Hall–Kier alpha value is -1.64. The summed E-state index contributed by atoms with van der Waals surface area (Å²) in [7, 11) is 4.12. The Morgan fingerprint density at radius 3 is 2.86 bits per heavy atom. The van der Waals surface area contributed by atoms with E-state index in [-0.39, 0.29) is 0 Å². The first-order valence-electron chi connectivity index (χ1n) is 4.70. The van der Waals surface area contributed by atoms with Crippen LogP contribution in [0.15, 0.2) is 24.3 Å². The molecule has 0 fully saturated rings. The Labute approximate surface area is 82.5 Å². The summed E-state index contributed by atoms with van der Waals surface area (Å²) in [6.45, 7) is 0.656. The quantitative estimate of drug-likeness (QED) is 0.628. The van der Waals surface area contributed by atoms with Crippen LogP contribution in [-0.4, -0.2) is 18.3 Å². The van der Waals surface area contributed by atoms with Gasteiger partial charge in [0.1, 0.15) is 0 Å². The SMILES string of the molecule is CN1COc2c1n(C)c1ccccc21. The summed E-state index contributed by atoms with van der Waals surface area (Å²) in [5.41, 5.74) is 1.23. The number of nitrogens with zero attached hydrogens (tertiary/aromatic N) is 2. The minimum atomic E-state index is 0.656. The molecule has 0 atom stereocenters. The van der Waals surface area contributed by atoms with E-state index in [0.29, 0.717) is 6.73 Å². The lowest BCUT2D eigenvalue weighted by atomic mass is 10.2. The number of rotatable bonds is 0. The zero-order valence-corrected chi connectivity index (χ0v) is 8.32. The van der Waals surface area contributed by atoms with Crippen molar-refractivity contribution in [3.63, 3.8) is 0 Å². The molecule has 14 heavy (non-hydrogen) atoms. The number of ether oxygens (including phenoxy) is 1. The van der Waals surface area contributed by atoms with Crippen LogP contribution in [0, 0.1) is 0 Å². The average molecular weight is 188 g/mol. The van der Waals surface area contributed by atoms with Crippen LogP contribution in [-0.2, 0) is 7.05 Å². The van der Waals surface area contributed by atoms with Crippen LogP contribution < -0.4 is 9.64 Å². The standard InChI is InChI=1S/C11H12N2O/c1-12-7-14-10-8-5-3-4-6-9(8)13(2)11(10)12/h3-6H,7H2,1-2H3. The van der Waals surface area contributed by atoms with Crippen molar-refractivity contribution in [3.8, 4) is 5.75 Å². The van der Waals surface area contributed by atoms with E-state index < -0.39 is 0 Å². The largest absolute Gasteiger partial charge is 0.469 e. The number of fused-ring (bicyclic) bond motifs is 3. The summed E-state index contributed by atoms with van der Waals surface area (Å²) in [6, 6.07) is 8.32. The van der Waals surface area contributed by atoms with E-state index >= 15 is 0 Å². The highest BCUT2D eigenvalue weighted by Gasteiger charge is 2.24. The van der Waals surface area contributed by atoms with Gasteiger partial charge in [0.25, 0.3) is 0 Å². The molecule has 1 aliphatic rings. The number of hydrogen-bond donors (Lipinski definition) is 0. The van der Waals surface area contributed by atoms with Crippen molar-refractivity contribution < 1.29 is 4.74 Å². The van der Waals surface area contributed by atoms with Gasteiger partial charge in [0.15, 0.2) is 18.3 Å². The molecule has 1 aromatic heterocycles. The fourth-order valence-electron chi connectivity index (χ4n) is 2.14. The van der Waals surface area contributed by atoms with Gasteiger partial charge in [-0.05, 0) is 12.1 Å². The Morgan fingerprint density at radius 2 is 2.00 bits per heavy atom. The molecule has 2 heterocycles. The fraction of sp³-hybridized carbons (Fsp3) is 0.273. The molecule has 0 N–H and O–H groups in total. The third-order valence-corrected chi connectivity index (χ3v) is 2.79. The highest BCUT2D eigenvalue weighted by atomic mass is 16.5. The molecular weight excluding hydrogens is 176 g/mol. The first-order chi connectivity index (χ1) is 6.79. The second-order valence-corrected chi connectivity index (χ2v) is 3.70. The van der Waals surface area contributed by atoms with Crippen molar-refractivity contribution in [3.05, 3.63) is 24.3 Å². The number of anilines is 1. The zero-order chi connectivity index (χ0) is 9.71. The number of para-hydroxylation sites is 1. The molecule has 0 saturated heterocycles. The van der Waals surface area contributed by atoms with Crippen molar-refractivity contribution in [1.29, 1.82) is 0 Å². The van der Waals surface area contributed by atoms with Crippen molar-refractivity contribution in [1.82, 2.24) is 4.57 Å². The minimum Gasteiger partial charge on any atom is -0.469 e. The maximum absolute atomic E-state index is 5.65. The van der Waals surface area contributed by atoms with Crippen LogP contribution in [0.4, 0.5) is 5.82 Å². The summed E-state index contributed by atoms with van der Waals surface area (Å²) in [4.78, 5) is 2.12.